The molecule has 35 heavy (non-hydrogen) atoms. The van der Waals surface area contributed by atoms with Crippen LogP contribution in [0.25, 0.3) is 16.2 Å². The fraction of sp³-hybridized carbons (Fsp3) is 0.417. The molecule has 184 valence electrons. The van der Waals surface area contributed by atoms with Gasteiger partial charge in [0.15, 0.2) is 11.5 Å². The van der Waals surface area contributed by atoms with E-state index in [2.05, 4.69) is 25.5 Å². The van der Waals surface area contributed by atoms with E-state index < -0.39 is 5.92 Å². The van der Waals surface area contributed by atoms with Crippen LogP contribution in [0.15, 0.2) is 36.9 Å². The van der Waals surface area contributed by atoms with Gasteiger partial charge in [-0.05, 0) is 31.0 Å². The smallest absolute Gasteiger partial charge is 0.253 e. The molecule has 5 heterocycles. The highest BCUT2D eigenvalue weighted by molar-refractivity contribution is 7.15. The number of carbonyl (C=O) groups is 1. The molecule has 1 amide bonds. The van der Waals surface area contributed by atoms with Crippen LogP contribution in [0.3, 0.4) is 0 Å². The molecule has 0 radical (unpaired) electrons. The van der Waals surface area contributed by atoms with Gasteiger partial charge < -0.3 is 15.2 Å². The SMILES string of the molecule is Cc1ccc(-c2cnc3c(N4CCC(F)(F)CC4)cc(C(=O)N[C@H](c4nnc[nH]4)C(C)C)cn23)s1. The maximum atomic E-state index is 13.9. The number of aryl methyl sites for hydroxylation is 1. The van der Waals surface area contributed by atoms with Gasteiger partial charge in [0.25, 0.3) is 11.8 Å². The van der Waals surface area contributed by atoms with Gasteiger partial charge in [0.1, 0.15) is 6.33 Å². The number of aromatic amines is 1. The van der Waals surface area contributed by atoms with E-state index in [9.17, 15) is 13.6 Å². The summed E-state index contributed by atoms with van der Waals surface area (Å²) in [5.74, 6) is -2.31. The van der Waals surface area contributed by atoms with Crippen LogP contribution in [-0.4, -0.2) is 49.5 Å². The minimum absolute atomic E-state index is 0.0670. The molecule has 1 aliphatic heterocycles. The number of anilines is 1. The third kappa shape index (κ3) is 4.64. The molecule has 1 fully saturated rings. The highest BCUT2D eigenvalue weighted by atomic mass is 32.1. The fourth-order valence-electron chi connectivity index (χ4n) is 4.40. The lowest BCUT2D eigenvalue weighted by Crippen LogP contribution is -2.39. The van der Waals surface area contributed by atoms with Gasteiger partial charge in [-0.1, -0.05) is 13.8 Å². The maximum absolute atomic E-state index is 13.9. The van der Waals surface area contributed by atoms with Crippen LogP contribution in [0.2, 0.25) is 0 Å². The maximum Gasteiger partial charge on any atom is 0.253 e. The predicted octanol–water partition coefficient (Wildman–Crippen LogP) is 4.85. The van der Waals surface area contributed by atoms with E-state index in [1.54, 1.807) is 29.8 Å². The highest BCUT2D eigenvalue weighted by Gasteiger charge is 2.35. The van der Waals surface area contributed by atoms with Gasteiger partial charge in [0.05, 0.1) is 34.1 Å². The van der Waals surface area contributed by atoms with E-state index in [4.69, 9.17) is 0 Å². The van der Waals surface area contributed by atoms with Gasteiger partial charge in [-0.25, -0.2) is 13.8 Å². The Morgan fingerprint density at radius 1 is 1.26 bits per heavy atom. The summed E-state index contributed by atoms with van der Waals surface area (Å²) >= 11 is 1.64. The zero-order valence-electron chi connectivity index (χ0n) is 19.8. The molecule has 0 saturated carbocycles. The molecule has 1 atom stereocenters. The Hall–Kier alpha value is -3.34. The van der Waals surface area contributed by atoms with Crippen LogP contribution >= 0.6 is 11.3 Å². The molecule has 2 N–H and O–H groups in total. The van der Waals surface area contributed by atoms with Gasteiger partial charge in [-0.2, -0.15) is 0 Å². The Morgan fingerprint density at radius 2 is 2.03 bits per heavy atom. The van der Waals surface area contributed by atoms with Crippen LogP contribution in [-0.2, 0) is 0 Å². The van der Waals surface area contributed by atoms with Crippen molar-refractivity contribution < 1.29 is 13.6 Å². The number of nitrogens with zero attached hydrogens (tertiary/aromatic N) is 5. The largest absolute Gasteiger partial charge is 0.368 e. The number of carbonyl (C=O) groups excluding carboxylic acids is 1. The number of piperidine rings is 1. The molecule has 4 aromatic rings. The lowest BCUT2D eigenvalue weighted by Gasteiger charge is -2.33. The number of fused-ring (bicyclic) bond motifs is 1. The number of imidazole rings is 1. The fourth-order valence-corrected chi connectivity index (χ4v) is 5.27. The second kappa shape index (κ2) is 9.03. The summed E-state index contributed by atoms with van der Waals surface area (Å²) in [5, 5.41) is 11.0. The summed E-state index contributed by atoms with van der Waals surface area (Å²) in [4.78, 5) is 25.2. The van der Waals surface area contributed by atoms with Crippen LogP contribution in [0.5, 0.6) is 0 Å². The number of thiophene rings is 1. The average molecular weight is 500 g/mol. The number of aromatic nitrogens is 5. The van der Waals surface area contributed by atoms with Crippen molar-refractivity contribution in [1.82, 2.24) is 29.9 Å². The molecule has 0 bridgehead atoms. The van der Waals surface area contributed by atoms with Gasteiger partial charge >= 0.3 is 0 Å². The number of amides is 1. The zero-order chi connectivity index (χ0) is 24.7. The molecule has 8 nitrogen and oxygen atoms in total. The monoisotopic (exact) mass is 499 g/mol. The number of nitrogens with one attached hydrogen (secondary N) is 2. The molecule has 1 saturated heterocycles. The molecule has 5 rings (SSSR count). The summed E-state index contributed by atoms with van der Waals surface area (Å²) in [6, 6.07) is 5.45. The van der Waals surface area contributed by atoms with E-state index >= 15 is 0 Å². The van der Waals surface area contributed by atoms with E-state index in [-0.39, 0.29) is 43.8 Å². The quantitative estimate of drug-likeness (QED) is 0.396. The van der Waals surface area contributed by atoms with Gasteiger partial charge in [0.2, 0.25) is 0 Å². The number of rotatable bonds is 6. The first-order valence-corrected chi connectivity index (χ1v) is 12.4. The number of pyridine rings is 1. The Labute approximate surface area is 205 Å². The topological polar surface area (TPSA) is 91.2 Å². The number of hydrogen-bond donors (Lipinski definition) is 2. The first-order valence-electron chi connectivity index (χ1n) is 11.6. The molecule has 0 spiro atoms. The molecule has 11 heteroatoms. The zero-order valence-corrected chi connectivity index (χ0v) is 20.6. The Balaban J connectivity index is 1.57. The van der Waals surface area contributed by atoms with Gasteiger partial charge in [0, 0.05) is 37.0 Å². The minimum Gasteiger partial charge on any atom is -0.368 e. The molecule has 0 aliphatic carbocycles. The van der Waals surface area contributed by atoms with E-state index in [0.717, 1.165) is 15.4 Å². The van der Waals surface area contributed by atoms with Crippen molar-refractivity contribution in [2.45, 2.75) is 45.6 Å². The van der Waals surface area contributed by atoms with Crippen molar-refractivity contribution in [3.05, 3.63) is 53.2 Å². The van der Waals surface area contributed by atoms with Crippen molar-refractivity contribution in [1.29, 1.82) is 0 Å². The summed E-state index contributed by atoms with van der Waals surface area (Å²) in [5.41, 5.74) is 2.59. The summed E-state index contributed by atoms with van der Waals surface area (Å²) < 4.78 is 29.6. The number of halogens is 2. The van der Waals surface area contributed by atoms with Crippen LogP contribution in [0.1, 0.15) is 53.8 Å². The van der Waals surface area contributed by atoms with E-state index in [0.29, 0.717) is 22.7 Å². The molecule has 0 aromatic carbocycles. The number of alkyl halides is 2. The minimum atomic E-state index is -2.67. The first-order chi connectivity index (χ1) is 16.7. The molecule has 0 unspecified atom stereocenters. The van der Waals surface area contributed by atoms with Gasteiger partial charge in [-0.15, -0.1) is 21.5 Å². The Kier molecular flexibility index (Phi) is 6.04. The van der Waals surface area contributed by atoms with Crippen LogP contribution in [0.4, 0.5) is 14.5 Å². The first kappa shape index (κ1) is 23.4. The normalized spacial score (nSPS) is 16.7. The van der Waals surface area contributed by atoms with Crippen molar-refractivity contribution in [3.8, 4) is 10.6 Å². The van der Waals surface area contributed by atoms with Crippen molar-refractivity contribution in [2.75, 3.05) is 18.0 Å². The highest BCUT2D eigenvalue weighted by Crippen LogP contribution is 2.35. The van der Waals surface area contributed by atoms with E-state index in [1.165, 1.54) is 6.33 Å². The van der Waals surface area contributed by atoms with Crippen molar-refractivity contribution >= 4 is 28.6 Å². The summed E-state index contributed by atoms with van der Waals surface area (Å²) in [6.07, 6.45) is 4.56. The summed E-state index contributed by atoms with van der Waals surface area (Å²) in [7, 11) is 0. The summed E-state index contributed by atoms with van der Waals surface area (Å²) in [6.45, 7) is 6.40. The van der Waals surface area contributed by atoms with Crippen LogP contribution < -0.4 is 10.2 Å². The third-order valence-electron chi connectivity index (χ3n) is 6.36. The Morgan fingerprint density at radius 3 is 2.66 bits per heavy atom. The lowest BCUT2D eigenvalue weighted by molar-refractivity contribution is -0.0220. The molecule has 4 aromatic heterocycles. The number of H-pyrrole nitrogens is 1. The number of hydrogen-bond acceptors (Lipinski definition) is 6. The molecular weight excluding hydrogens is 472 g/mol. The second-order valence-electron chi connectivity index (χ2n) is 9.27. The van der Waals surface area contributed by atoms with Crippen molar-refractivity contribution in [2.24, 2.45) is 5.92 Å². The van der Waals surface area contributed by atoms with Crippen LogP contribution in [0, 0.1) is 12.8 Å². The standard InChI is InChI=1S/C24H27F2N7OS/c1-14(2)20(21-28-13-29-31-21)30-23(34)16-10-17(32-8-6-24(25,26)7-9-32)22-27-11-18(33(22)12-16)19-5-4-15(3)35-19/h4-5,10-14,20H,6-9H2,1-3H3,(H,30,34)(H,28,29,31)/t20-/m0/s1. The lowest BCUT2D eigenvalue weighted by atomic mass is 10.0. The third-order valence-corrected chi connectivity index (χ3v) is 7.38. The second-order valence-corrected chi connectivity index (χ2v) is 10.6. The molecular formula is C24H27F2N7OS. The predicted molar refractivity (Wildman–Crippen MR) is 131 cm³/mol. The van der Waals surface area contributed by atoms with Gasteiger partial charge in [-0.3, -0.25) is 9.20 Å². The average Bonchev–Trinajstić information content (AvgIpc) is 3.57. The molecule has 1 aliphatic rings. The van der Waals surface area contributed by atoms with E-state index in [1.807, 2.05) is 42.2 Å². The Bertz CT molecular complexity index is 1340. The van der Waals surface area contributed by atoms with Crippen molar-refractivity contribution in [3.63, 3.8) is 0 Å².